The topological polar surface area (TPSA) is 69.0 Å². The number of hydrogen-bond acceptors (Lipinski definition) is 6. The third-order valence-corrected chi connectivity index (χ3v) is 6.93. The monoisotopic (exact) mass is 442 g/mol. The Morgan fingerprint density at radius 3 is 2.87 bits per heavy atom. The van der Waals surface area contributed by atoms with Gasteiger partial charge in [-0.25, -0.2) is 0 Å². The molecule has 2 aromatic heterocycles. The molecule has 0 spiro atoms. The van der Waals surface area contributed by atoms with Gasteiger partial charge < -0.3 is 10.1 Å². The van der Waals surface area contributed by atoms with Gasteiger partial charge in [0, 0.05) is 28.1 Å². The van der Waals surface area contributed by atoms with Crippen LogP contribution < -0.4 is 5.32 Å². The summed E-state index contributed by atoms with van der Waals surface area (Å²) in [5, 5.41) is 14.7. The largest absolute Gasteiger partial charge is 0.376 e. The van der Waals surface area contributed by atoms with Crippen molar-refractivity contribution in [3.05, 3.63) is 45.6 Å². The Balaban J connectivity index is 1.48. The van der Waals surface area contributed by atoms with E-state index in [1.54, 1.807) is 11.3 Å². The van der Waals surface area contributed by atoms with Crippen molar-refractivity contribution in [2.45, 2.75) is 51.4 Å². The number of nitrogens with one attached hydrogen (secondary N) is 1. The third kappa shape index (κ3) is 4.94. The van der Waals surface area contributed by atoms with E-state index in [0.29, 0.717) is 6.54 Å². The Hall–Kier alpha value is -2.16. The van der Waals surface area contributed by atoms with Crippen LogP contribution in [-0.2, 0) is 16.1 Å². The molecule has 1 unspecified atom stereocenters. The highest BCUT2D eigenvalue weighted by molar-refractivity contribution is 7.99. The van der Waals surface area contributed by atoms with E-state index in [0.717, 1.165) is 47.2 Å². The summed E-state index contributed by atoms with van der Waals surface area (Å²) >= 11 is 3.11. The number of thiophene rings is 1. The van der Waals surface area contributed by atoms with Crippen LogP contribution in [0.2, 0.25) is 0 Å². The summed E-state index contributed by atoms with van der Waals surface area (Å²) in [4.78, 5) is 13.8. The highest BCUT2D eigenvalue weighted by atomic mass is 32.2. The van der Waals surface area contributed by atoms with E-state index >= 15 is 0 Å². The van der Waals surface area contributed by atoms with E-state index in [-0.39, 0.29) is 17.8 Å². The van der Waals surface area contributed by atoms with Crippen LogP contribution in [-0.4, -0.2) is 39.1 Å². The number of carbonyl (C=O) groups is 1. The quantitative estimate of drug-likeness (QED) is 0.530. The zero-order valence-corrected chi connectivity index (χ0v) is 19.1. The zero-order valence-electron chi connectivity index (χ0n) is 17.5. The minimum Gasteiger partial charge on any atom is -0.376 e. The second-order valence-corrected chi connectivity index (χ2v) is 9.71. The predicted octanol–water partition coefficient (Wildman–Crippen LogP) is 4.84. The van der Waals surface area contributed by atoms with Crippen LogP contribution in [0.5, 0.6) is 0 Å². The predicted molar refractivity (Wildman–Crippen MR) is 122 cm³/mol. The number of benzene rings is 1. The van der Waals surface area contributed by atoms with Crippen LogP contribution in [0.1, 0.15) is 28.8 Å². The summed E-state index contributed by atoms with van der Waals surface area (Å²) in [7, 11) is 0. The van der Waals surface area contributed by atoms with Crippen LogP contribution in [0.4, 0.5) is 5.69 Å². The summed E-state index contributed by atoms with van der Waals surface area (Å²) < 4.78 is 7.95. The lowest BCUT2D eigenvalue weighted by atomic mass is 10.1. The highest BCUT2D eigenvalue weighted by Gasteiger charge is 2.22. The first kappa shape index (κ1) is 21.1. The zero-order chi connectivity index (χ0) is 21.1. The van der Waals surface area contributed by atoms with Crippen molar-refractivity contribution in [1.29, 1.82) is 0 Å². The lowest BCUT2D eigenvalue weighted by Crippen LogP contribution is -2.18. The van der Waals surface area contributed by atoms with Gasteiger partial charge >= 0.3 is 0 Å². The first-order valence-corrected chi connectivity index (χ1v) is 12.0. The number of anilines is 1. The SMILES string of the molecule is Cc1ccc(NC(=O)CSc2nnc(-c3csc(C)c3)n2CC2CCCO2)c(C)c1. The summed E-state index contributed by atoms with van der Waals surface area (Å²) in [6.45, 7) is 7.64. The molecule has 8 heteroatoms. The van der Waals surface area contributed by atoms with E-state index in [1.165, 1.54) is 22.2 Å². The lowest BCUT2D eigenvalue weighted by Gasteiger charge is -2.14. The van der Waals surface area contributed by atoms with Gasteiger partial charge in [0.05, 0.1) is 18.4 Å². The van der Waals surface area contributed by atoms with Crippen molar-refractivity contribution in [3.8, 4) is 11.4 Å². The molecule has 30 heavy (non-hydrogen) atoms. The van der Waals surface area contributed by atoms with Gasteiger partial charge in [0.2, 0.25) is 5.91 Å². The lowest BCUT2D eigenvalue weighted by molar-refractivity contribution is -0.113. The Kier molecular flexibility index (Phi) is 6.55. The van der Waals surface area contributed by atoms with Gasteiger partial charge in [-0.3, -0.25) is 9.36 Å². The van der Waals surface area contributed by atoms with Crippen LogP contribution in [0, 0.1) is 20.8 Å². The van der Waals surface area contributed by atoms with E-state index in [1.807, 2.05) is 26.0 Å². The van der Waals surface area contributed by atoms with Gasteiger partial charge in [-0.1, -0.05) is 29.5 Å². The smallest absolute Gasteiger partial charge is 0.234 e. The Morgan fingerprint density at radius 1 is 1.30 bits per heavy atom. The number of rotatable bonds is 7. The summed E-state index contributed by atoms with van der Waals surface area (Å²) in [6.07, 6.45) is 2.29. The second kappa shape index (κ2) is 9.32. The molecule has 1 amide bonds. The first-order valence-electron chi connectivity index (χ1n) is 10.1. The number of carbonyl (C=O) groups excluding carboxylic acids is 1. The van der Waals surface area contributed by atoms with Gasteiger partial charge in [-0.05, 0) is 51.3 Å². The minimum absolute atomic E-state index is 0.0495. The molecule has 1 saturated heterocycles. The number of thioether (sulfide) groups is 1. The molecule has 3 heterocycles. The van der Waals surface area contributed by atoms with Crippen LogP contribution >= 0.6 is 23.1 Å². The summed E-state index contributed by atoms with van der Waals surface area (Å²) in [5.74, 6) is 1.07. The normalized spacial score (nSPS) is 16.2. The molecule has 3 aromatic rings. The van der Waals surface area contributed by atoms with Crippen molar-refractivity contribution in [1.82, 2.24) is 14.8 Å². The summed E-state index contributed by atoms with van der Waals surface area (Å²) in [5.41, 5.74) is 4.15. The molecule has 6 nitrogen and oxygen atoms in total. The van der Waals surface area contributed by atoms with E-state index < -0.39 is 0 Å². The molecule has 1 aromatic carbocycles. The third-order valence-electron chi connectivity index (χ3n) is 5.10. The van der Waals surface area contributed by atoms with Gasteiger partial charge in [0.1, 0.15) is 0 Å². The fourth-order valence-corrected chi connectivity index (χ4v) is 5.03. The molecule has 4 rings (SSSR count). The maximum atomic E-state index is 12.5. The fourth-order valence-electron chi connectivity index (χ4n) is 3.60. The van der Waals surface area contributed by atoms with Crippen LogP contribution in [0.15, 0.2) is 34.8 Å². The first-order chi connectivity index (χ1) is 14.5. The summed E-state index contributed by atoms with van der Waals surface area (Å²) in [6, 6.07) is 8.14. The molecule has 1 atom stereocenters. The van der Waals surface area contributed by atoms with Crippen molar-refractivity contribution in [3.63, 3.8) is 0 Å². The Labute approximate surface area is 185 Å². The van der Waals surface area contributed by atoms with Crippen LogP contribution in [0.25, 0.3) is 11.4 Å². The van der Waals surface area contributed by atoms with Crippen molar-refractivity contribution < 1.29 is 9.53 Å². The molecule has 1 aliphatic heterocycles. The molecule has 0 saturated carbocycles. The number of hydrogen-bond donors (Lipinski definition) is 1. The number of aromatic nitrogens is 3. The number of amides is 1. The Morgan fingerprint density at radius 2 is 2.17 bits per heavy atom. The average molecular weight is 443 g/mol. The number of nitrogens with zero attached hydrogens (tertiary/aromatic N) is 3. The van der Waals surface area contributed by atoms with E-state index in [2.05, 4.69) is 44.5 Å². The van der Waals surface area contributed by atoms with Gasteiger partial charge in [0.15, 0.2) is 11.0 Å². The van der Waals surface area contributed by atoms with Crippen molar-refractivity contribution in [2.75, 3.05) is 17.7 Å². The maximum Gasteiger partial charge on any atom is 0.234 e. The maximum absolute atomic E-state index is 12.5. The highest BCUT2D eigenvalue weighted by Crippen LogP contribution is 2.29. The minimum atomic E-state index is -0.0495. The fraction of sp³-hybridized carbons (Fsp3) is 0.409. The standard InChI is InChI=1S/C22H26N4O2S2/c1-14-6-7-19(15(2)9-14)23-20(27)13-30-22-25-24-21(17-10-16(3)29-12-17)26(22)11-18-5-4-8-28-18/h6-7,9-10,12,18H,4-5,8,11,13H2,1-3H3,(H,23,27). The molecule has 0 radical (unpaired) electrons. The molecular weight excluding hydrogens is 416 g/mol. The van der Waals surface area contributed by atoms with Crippen molar-refractivity contribution in [2.24, 2.45) is 0 Å². The van der Waals surface area contributed by atoms with Gasteiger partial charge in [-0.2, -0.15) is 0 Å². The molecular formula is C22H26N4O2S2. The van der Waals surface area contributed by atoms with Crippen LogP contribution in [0.3, 0.4) is 0 Å². The van der Waals surface area contributed by atoms with Gasteiger partial charge in [-0.15, -0.1) is 21.5 Å². The molecule has 158 valence electrons. The van der Waals surface area contributed by atoms with E-state index in [4.69, 9.17) is 4.74 Å². The number of aryl methyl sites for hydroxylation is 3. The average Bonchev–Trinajstić information content (AvgIpc) is 3.45. The van der Waals surface area contributed by atoms with E-state index in [9.17, 15) is 4.79 Å². The Bertz CT molecular complexity index is 1040. The van der Waals surface area contributed by atoms with Crippen molar-refractivity contribution >= 4 is 34.7 Å². The molecule has 1 aliphatic rings. The molecule has 0 aliphatic carbocycles. The molecule has 0 bridgehead atoms. The molecule has 1 N–H and O–H groups in total. The number of ether oxygens (including phenoxy) is 1. The second-order valence-electron chi connectivity index (χ2n) is 7.65. The van der Waals surface area contributed by atoms with Gasteiger partial charge in [0.25, 0.3) is 0 Å². The molecule has 1 fully saturated rings.